The fraction of sp³-hybridized carbons (Fsp3) is 0.278. The summed E-state index contributed by atoms with van der Waals surface area (Å²) in [7, 11) is -3.66. The average molecular weight is 346 g/mol. The van der Waals surface area contributed by atoms with Gasteiger partial charge in [-0.25, -0.2) is 8.42 Å². The number of rotatable bonds is 7. The number of carbonyl (C=O) groups excluding carboxylic acids is 1. The molecule has 0 fully saturated rings. The van der Waals surface area contributed by atoms with Crippen LogP contribution in [0.25, 0.3) is 0 Å². The number of nitrogens with one attached hydrogen (secondary N) is 1. The third-order valence-electron chi connectivity index (χ3n) is 3.57. The summed E-state index contributed by atoms with van der Waals surface area (Å²) in [5.74, 6) is -0.198. The zero-order valence-electron chi connectivity index (χ0n) is 13.9. The van der Waals surface area contributed by atoms with Gasteiger partial charge in [0.15, 0.2) is 0 Å². The molecule has 2 aromatic carbocycles. The molecule has 0 aliphatic carbocycles. The SMILES string of the molecule is CCCNC(=O)c1ccc(S(=O)(=O)N(CC)c2ccccc2)cc1. The highest BCUT2D eigenvalue weighted by atomic mass is 32.2. The first kappa shape index (κ1) is 18.0. The Kier molecular flexibility index (Phi) is 5.98. The van der Waals surface area contributed by atoms with Crippen LogP contribution in [-0.2, 0) is 10.0 Å². The quantitative estimate of drug-likeness (QED) is 0.838. The number of hydrogen-bond acceptors (Lipinski definition) is 3. The highest BCUT2D eigenvalue weighted by Gasteiger charge is 2.23. The van der Waals surface area contributed by atoms with Crippen LogP contribution in [0.3, 0.4) is 0 Å². The topological polar surface area (TPSA) is 66.5 Å². The number of carbonyl (C=O) groups is 1. The van der Waals surface area contributed by atoms with Crippen LogP contribution in [0.15, 0.2) is 59.5 Å². The van der Waals surface area contributed by atoms with Crippen molar-refractivity contribution < 1.29 is 13.2 Å². The van der Waals surface area contributed by atoms with Crippen LogP contribution in [0.5, 0.6) is 0 Å². The van der Waals surface area contributed by atoms with Gasteiger partial charge >= 0.3 is 0 Å². The highest BCUT2D eigenvalue weighted by Crippen LogP contribution is 2.23. The maximum absolute atomic E-state index is 12.8. The van der Waals surface area contributed by atoms with Gasteiger partial charge in [-0.1, -0.05) is 25.1 Å². The van der Waals surface area contributed by atoms with E-state index in [2.05, 4.69) is 5.32 Å². The minimum absolute atomic E-state index is 0.167. The third kappa shape index (κ3) is 3.94. The molecule has 0 heterocycles. The lowest BCUT2D eigenvalue weighted by molar-refractivity contribution is 0.0953. The number of amides is 1. The average Bonchev–Trinajstić information content (AvgIpc) is 2.61. The molecule has 0 aromatic heterocycles. The molecule has 0 unspecified atom stereocenters. The van der Waals surface area contributed by atoms with Gasteiger partial charge in [0.1, 0.15) is 0 Å². The largest absolute Gasteiger partial charge is 0.352 e. The molecule has 0 saturated carbocycles. The summed E-state index contributed by atoms with van der Waals surface area (Å²) in [6.07, 6.45) is 0.848. The van der Waals surface area contributed by atoms with Crippen LogP contribution in [0.2, 0.25) is 0 Å². The molecule has 5 nitrogen and oxygen atoms in total. The monoisotopic (exact) mass is 346 g/mol. The molecular formula is C18H22N2O3S. The Bertz CT molecular complexity index is 772. The van der Waals surface area contributed by atoms with E-state index >= 15 is 0 Å². The molecule has 2 aromatic rings. The van der Waals surface area contributed by atoms with Crippen molar-refractivity contribution in [3.63, 3.8) is 0 Å². The van der Waals surface area contributed by atoms with E-state index in [1.807, 2.05) is 13.0 Å². The van der Waals surface area contributed by atoms with E-state index in [-0.39, 0.29) is 10.8 Å². The zero-order chi connectivity index (χ0) is 17.6. The molecule has 0 saturated heterocycles. The van der Waals surface area contributed by atoms with E-state index in [0.717, 1.165) is 6.42 Å². The third-order valence-corrected chi connectivity index (χ3v) is 5.49. The minimum atomic E-state index is -3.66. The van der Waals surface area contributed by atoms with Gasteiger partial charge in [-0.3, -0.25) is 9.10 Å². The molecule has 128 valence electrons. The van der Waals surface area contributed by atoms with Crippen LogP contribution in [-0.4, -0.2) is 27.4 Å². The minimum Gasteiger partial charge on any atom is -0.352 e. The molecule has 0 aliphatic rings. The molecule has 24 heavy (non-hydrogen) atoms. The number of sulfonamides is 1. The first-order valence-corrected chi connectivity index (χ1v) is 9.40. The Morgan fingerprint density at radius 2 is 1.62 bits per heavy atom. The number of anilines is 1. The van der Waals surface area contributed by atoms with E-state index in [1.165, 1.54) is 28.6 Å². The van der Waals surface area contributed by atoms with Crippen molar-refractivity contribution in [2.75, 3.05) is 17.4 Å². The fourth-order valence-electron chi connectivity index (χ4n) is 2.33. The van der Waals surface area contributed by atoms with Gasteiger partial charge in [0.2, 0.25) is 0 Å². The summed E-state index contributed by atoms with van der Waals surface area (Å²) in [6.45, 7) is 4.68. The van der Waals surface area contributed by atoms with Crippen molar-refractivity contribution in [2.24, 2.45) is 0 Å². The van der Waals surface area contributed by atoms with Gasteiger partial charge < -0.3 is 5.32 Å². The molecule has 1 N–H and O–H groups in total. The van der Waals surface area contributed by atoms with Crippen LogP contribution in [0.1, 0.15) is 30.6 Å². The molecule has 0 atom stereocenters. The first-order chi connectivity index (χ1) is 11.5. The second-order valence-corrected chi connectivity index (χ2v) is 7.15. The van der Waals surface area contributed by atoms with Crippen molar-refractivity contribution in [3.05, 3.63) is 60.2 Å². The van der Waals surface area contributed by atoms with Gasteiger partial charge in [-0.15, -0.1) is 0 Å². The summed E-state index contributed by atoms with van der Waals surface area (Å²) in [5, 5.41) is 2.77. The molecule has 0 bridgehead atoms. The first-order valence-electron chi connectivity index (χ1n) is 7.96. The summed E-state index contributed by atoms with van der Waals surface area (Å²) in [6, 6.07) is 15.0. The Morgan fingerprint density at radius 1 is 1.00 bits per heavy atom. The number of hydrogen-bond donors (Lipinski definition) is 1. The van der Waals surface area contributed by atoms with Crippen LogP contribution in [0.4, 0.5) is 5.69 Å². The van der Waals surface area contributed by atoms with Crippen LogP contribution in [0, 0.1) is 0 Å². The molecular weight excluding hydrogens is 324 g/mol. The summed E-state index contributed by atoms with van der Waals surface area (Å²) in [4.78, 5) is 12.1. The summed E-state index contributed by atoms with van der Waals surface area (Å²) < 4.78 is 27.0. The van der Waals surface area contributed by atoms with Gasteiger partial charge in [-0.05, 0) is 49.7 Å². The van der Waals surface area contributed by atoms with Gasteiger partial charge in [-0.2, -0.15) is 0 Å². The summed E-state index contributed by atoms with van der Waals surface area (Å²) >= 11 is 0. The lowest BCUT2D eigenvalue weighted by atomic mass is 10.2. The van der Waals surface area contributed by atoms with E-state index in [1.54, 1.807) is 31.2 Å². The van der Waals surface area contributed by atoms with E-state index in [0.29, 0.717) is 24.3 Å². The fourth-order valence-corrected chi connectivity index (χ4v) is 3.81. The highest BCUT2D eigenvalue weighted by molar-refractivity contribution is 7.92. The van der Waals surface area contributed by atoms with Crippen LogP contribution < -0.4 is 9.62 Å². The zero-order valence-corrected chi connectivity index (χ0v) is 14.7. The molecule has 2 rings (SSSR count). The lowest BCUT2D eigenvalue weighted by Gasteiger charge is -2.23. The molecule has 0 aliphatic heterocycles. The normalized spacial score (nSPS) is 11.1. The van der Waals surface area contributed by atoms with Crippen molar-refractivity contribution in [2.45, 2.75) is 25.2 Å². The van der Waals surface area contributed by atoms with Crippen molar-refractivity contribution in [3.8, 4) is 0 Å². The van der Waals surface area contributed by atoms with Crippen molar-refractivity contribution >= 4 is 21.6 Å². The van der Waals surface area contributed by atoms with E-state index in [9.17, 15) is 13.2 Å². The smallest absolute Gasteiger partial charge is 0.264 e. The Labute approximate surface area is 143 Å². The molecule has 0 radical (unpaired) electrons. The molecule has 0 spiro atoms. The number of nitrogens with zero attached hydrogens (tertiary/aromatic N) is 1. The molecule has 1 amide bonds. The van der Waals surface area contributed by atoms with Crippen LogP contribution >= 0.6 is 0 Å². The van der Waals surface area contributed by atoms with Crippen molar-refractivity contribution in [1.82, 2.24) is 5.32 Å². The second kappa shape index (κ2) is 7.97. The van der Waals surface area contributed by atoms with Gasteiger partial charge in [0.05, 0.1) is 10.6 Å². The Morgan fingerprint density at radius 3 is 2.17 bits per heavy atom. The number of para-hydroxylation sites is 1. The second-order valence-electron chi connectivity index (χ2n) is 5.29. The predicted molar refractivity (Wildman–Crippen MR) is 95.7 cm³/mol. The lowest BCUT2D eigenvalue weighted by Crippen LogP contribution is -2.30. The maximum atomic E-state index is 12.8. The Balaban J connectivity index is 2.27. The van der Waals surface area contributed by atoms with Crippen molar-refractivity contribution in [1.29, 1.82) is 0 Å². The number of benzene rings is 2. The standard InChI is InChI=1S/C18H22N2O3S/c1-3-14-19-18(21)15-10-12-17(13-11-15)24(22,23)20(4-2)16-8-6-5-7-9-16/h5-13H,3-4,14H2,1-2H3,(H,19,21). The Hall–Kier alpha value is -2.34. The van der Waals surface area contributed by atoms with E-state index < -0.39 is 10.0 Å². The summed E-state index contributed by atoms with van der Waals surface area (Å²) in [5.41, 5.74) is 1.06. The predicted octanol–water partition coefficient (Wildman–Crippen LogP) is 3.04. The van der Waals surface area contributed by atoms with E-state index in [4.69, 9.17) is 0 Å². The van der Waals surface area contributed by atoms with Gasteiger partial charge in [0, 0.05) is 18.7 Å². The molecule has 6 heteroatoms. The van der Waals surface area contributed by atoms with Gasteiger partial charge in [0.25, 0.3) is 15.9 Å². The maximum Gasteiger partial charge on any atom is 0.264 e.